The van der Waals surface area contributed by atoms with Gasteiger partial charge < -0.3 is 10.1 Å². The molecule has 5 nitrogen and oxygen atoms in total. The number of rotatable bonds is 5. The number of morpholine rings is 1. The molecule has 25 heavy (non-hydrogen) atoms. The van der Waals surface area contributed by atoms with E-state index in [4.69, 9.17) is 4.74 Å². The molecule has 0 bridgehead atoms. The summed E-state index contributed by atoms with van der Waals surface area (Å²) in [5, 5.41) is 2.86. The highest BCUT2D eigenvalue weighted by atomic mass is 16.5. The lowest BCUT2D eigenvalue weighted by Gasteiger charge is -2.33. The highest BCUT2D eigenvalue weighted by Crippen LogP contribution is 2.17. The van der Waals surface area contributed by atoms with E-state index in [2.05, 4.69) is 5.32 Å². The molecule has 1 fully saturated rings. The Labute approximate surface area is 147 Å². The monoisotopic (exact) mass is 338 g/mol. The van der Waals surface area contributed by atoms with Gasteiger partial charge in [-0.15, -0.1) is 0 Å². The number of esters is 1. The molecule has 1 aliphatic heterocycles. The molecule has 0 unspecified atom stereocenters. The summed E-state index contributed by atoms with van der Waals surface area (Å²) in [7, 11) is 0. The predicted molar refractivity (Wildman–Crippen MR) is 96.0 cm³/mol. The van der Waals surface area contributed by atoms with E-state index < -0.39 is 6.04 Å². The quantitative estimate of drug-likeness (QED) is 0.852. The van der Waals surface area contributed by atoms with E-state index in [0.29, 0.717) is 19.7 Å². The largest absolute Gasteiger partial charge is 0.463 e. The Kier molecular flexibility index (Phi) is 5.46. The minimum absolute atomic E-state index is 0.0829. The van der Waals surface area contributed by atoms with Crippen LogP contribution in [0, 0.1) is 6.92 Å². The van der Waals surface area contributed by atoms with Gasteiger partial charge in [0.25, 0.3) is 0 Å². The smallest absolute Gasteiger partial charge is 0.323 e. The summed E-state index contributed by atoms with van der Waals surface area (Å²) in [6.45, 7) is 3.58. The Morgan fingerprint density at radius 3 is 2.76 bits per heavy atom. The molecule has 0 saturated carbocycles. The Hall–Kier alpha value is -2.66. The molecular formula is C20H22N2O3. The van der Waals surface area contributed by atoms with E-state index in [0.717, 1.165) is 16.8 Å². The molecule has 1 aliphatic rings. The van der Waals surface area contributed by atoms with Crippen molar-refractivity contribution in [3.8, 4) is 0 Å². The van der Waals surface area contributed by atoms with Crippen LogP contribution in [0.15, 0.2) is 54.6 Å². The zero-order valence-electron chi connectivity index (χ0n) is 14.3. The van der Waals surface area contributed by atoms with Gasteiger partial charge in [0.2, 0.25) is 5.91 Å². The van der Waals surface area contributed by atoms with Crippen molar-refractivity contribution in [1.82, 2.24) is 4.90 Å². The van der Waals surface area contributed by atoms with Crippen LogP contribution in [0.2, 0.25) is 0 Å². The summed E-state index contributed by atoms with van der Waals surface area (Å²) in [5.74, 6) is -0.519. The molecule has 0 aliphatic carbocycles. The third-order valence-corrected chi connectivity index (χ3v) is 4.24. The molecule has 1 atom stereocenters. The fourth-order valence-electron chi connectivity index (χ4n) is 2.99. The number of nitrogens with one attached hydrogen (secondary N) is 1. The summed E-state index contributed by atoms with van der Waals surface area (Å²) in [6, 6.07) is 17.0. The highest BCUT2D eigenvalue weighted by molar-refractivity contribution is 5.94. The van der Waals surface area contributed by atoms with Crippen LogP contribution < -0.4 is 5.32 Å². The van der Waals surface area contributed by atoms with Crippen LogP contribution in [-0.2, 0) is 20.9 Å². The average Bonchev–Trinajstić information content (AvgIpc) is 2.59. The second-order valence-corrected chi connectivity index (χ2v) is 6.26. The van der Waals surface area contributed by atoms with Gasteiger partial charge >= 0.3 is 5.97 Å². The van der Waals surface area contributed by atoms with E-state index >= 15 is 0 Å². The number of nitrogens with zero attached hydrogens (tertiary/aromatic N) is 1. The second kappa shape index (κ2) is 7.94. The fraction of sp³-hybridized carbons (Fsp3) is 0.300. The van der Waals surface area contributed by atoms with Gasteiger partial charge in [0, 0.05) is 18.8 Å². The maximum absolute atomic E-state index is 12.4. The number of benzene rings is 2. The van der Waals surface area contributed by atoms with Crippen molar-refractivity contribution in [2.45, 2.75) is 25.9 Å². The van der Waals surface area contributed by atoms with Crippen molar-refractivity contribution in [3.05, 3.63) is 65.7 Å². The predicted octanol–water partition coefficient (Wildman–Crippen LogP) is 2.75. The Balaban J connectivity index is 1.66. The van der Waals surface area contributed by atoms with Gasteiger partial charge in [-0.2, -0.15) is 0 Å². The molecule has 1 heterocycles. The van der Waals surface area contributed by atoms with Crippen molar-refractivity contribution in [1.29, 1.82) is 0 Å². The molecule has 5 heteroatoms. The van der Waals surface area contributed by atoms with Gasteiger partial charge in [-0.05, 0) is 30.2 Å². The first-order valence-electron chi connectivity index (χ1n) is 8.43. The summed E-state index contributed by atoms with van der Waals surface area (Å²) in [5.41, 5.74) is 2.92. The molecule has 0 radical (unpaired) electrons. The van der Waals surface area contributed by atoms with Gasteiger partial charge in [-0.3, -0.25) is 14.5 Å². The molecule has 1 N–H and O–H groups in total. The van der Waals surface area contributed by atoms with Crippen LogP contribution >= 0.6 is 0 Å². The first-order valence-corrected chi connectivity index (χ1v) is 8.43. The summed E-state index contributed by atoms with van der Waals surface area (Å²) >= 11 is 0. The first-order chi connectivity index (χ1) is 12.1. The standard InChI is InChI=1S/C20H22N2O3/c1-15-6-5-9-17(12-15)21-19(23)13-18-20(24)25-11-10-22(18)14-16-7-3-2-4-8-16/h2-9,12,18H,10-11,13-14H2,1H3,(H,21,23)/t18-/m1/s1. The second-order valence-electron chi connectivity index (χ2n) is 6.26. The minimum atomic E-state index is -0.557. The van der Waals surface area contributed by atoms with E-state index in [1.54, 1.807) is 0 Å². The van der Waals surface area contributed by atoms with E-state index in [9.17, 15) is 9.59 Å². The average molecular weight is 338 g/mol. The number of carbonyl (C=O) groups excluding carboxylic acids is 2. The van der Waals surface area contributed by atoms with E-state index in [-0.39, 0.29) is 18.3 Å². The molecular weight excluding hydrogens is 316 g/mol. The molecule has 0 spiro atoms. The first kappa shape index (κ1) is 17.2. The SMILES string of the molecule is Cc1cccc(NC(=O)C[C@@H]2C(=O)OCCN2Cc2ccccc2)c1. The van der Waals surface area contributed by atoms with Crippen molar-refractivity contribution in [3.63, 3.8) is 0 Å². The molecule has 2 aromatic rings. The number of ether oxygens (including phenoxy) is 1. The number of amides is 1. The van der Waals surface area contributed by atoms with Crippen LogP contribution in [0.5, 0.6) is 0 Å². The Morgan fingerprint density at radius 1 is 1.20 bits per heavy atom. The zero-order chi connectivity index (χ0) is 17.6. The summed E-state index contributed by atoms with van der Waals surface area (Å²) < 4.78 is 5.17. The lowest BCUT2D eigenvalue weighted by molar-refractivity contribution is -0.159. The molecule has 1 amide bonds. The van der Waals surface area contributed by atoms with Gasteiger partial charge in [-0.1, -0.05) is 42.5 Å². The number of hydrogen-bond donors (Lipinski definition) is 1. The highest BCUT2D eigenvalue weighted by Gasteiger charge is 2.33. The lowest BCUT2D eigenvalue weighted by Crippen LogP contribution is -2.49. The zero-order valence-corrected chi connectivity index (χ0v) is 14.3. The minimum Gasteiger partial charge on any atom is -0.463 e. The molecule has 2 aromatic carbocycles. The van der Waals surface area contributed by atoms with Crippen LogP contribution in [0.1, 0.15) is 17.5 Å². The fourth-order valence-corrected chi connectivity index (χ4v) is 2.99. The Bertz CT molecular complexity index is 746. The van der Waals surface area contributed by atoms with Crippen molar-refractivity contribution in [2.24, 2.45) is 0 Å². The van der Waals surface area contributed by atoms with Crippen molar-refractivity contribution >= 4 is 17.6 Å². The number of anilines is 1. The van der Waals surface area contributed by atoms with Gasteiger partial charge in [0.05, 0.1) is 6.42 Å². The van der Waals surface area contributed by atoms with E-state index in [1.165, 1.54) is 0 Å². The Morgan fingerprint density at radius 2 is 2.00 bits per heavy atom. The van der Waals surface area contributed by atoms with Gasteiger partial charge in [-0.25, -0.2) is 0 Å². The number of cyclic esters (lactones) is 1. The molecule has 3 rings (SSSR count). The van der Waals surface area contributed by atoms with Crippen molar-refractivity contribution < 1.29 is 14.3 Å². The lowest BCUT2D eigenvalue weighted by atomic mass is 10.1. The maximum atomic E-state index is 12.4. The number of hydrogen-bond acceptors (Lipinski definition) is 4. The summed E-state index contributed by atoms with van der Waals surface area (Å²) in [4.78, 5) is 26.6. The van der Waals surface area contributed by atoms with Crippen LogP contribution in [-0.4, -0.2) is 36.0 Å². The molecule has 1 saturated heterocycles. The van der Waals surface area contributed by atoms with Gasteiger partial charge in [0.1, 0.15) is 12.6 Å². The number of aryl methyl sites for hydroxylation is 1. The van der Waals surface area contributed by atoms with Crippen LogP contribution in [0.4, 0.5) is 5.69 Å². The molecule has 130 valence electrons. The van der Waals surface area contributed by atoms with E-state index in [1.807, 2.05) is 66.4 Å². The van der Waals surface area contributed by atoms with Gasteiger partial charge in [0.15, 0.2) is 0 Å². The number of carbonyl (C=O) groups is 2. The molecule has 0 aromatic heterocycles. The maximum Gasteiger partial charge on any atom is 0.323 e. The normalized spacial score (nSPS) is 17.8. The summed E-state index contributed by atoms with van der Waals surface area (Å²) in [6.07, 6.45) is 0.0829. The van der Waals surface area contributed by atoms with Crippen molar-refractivity contribution in [2.75, 3.05) is 18.5 Å². The topological polar surface area (TPSA) is 58.6 Å². The van der Waals surface area contributed by atoms with Crippen LogP contribution in [0.25, 0.3) is 0 Å². The third kappa shape index (κ3) is 4.67. The van der Waals surface area contributed by atoms with Crippen LogP contribution in [0.3, 0.4) is 0 Å². The third-order valence-electron chi connectivity index (χ3n) is 4.24.